The summed E-state index contributed by atoms with van der Waals surface area (Å²) in [5.74, 6) is 0.108. The van der Waals surface area contributed by atoms with Gasteiger partial charge < -0.3 is 5.32 Å². The third kappa shape index (κ3) is 4.92. The van der Waals surface area contributed by atoms with E-state index in [1.165, 1.54) is 11.1 Å². The minimum absolute atomic E-state index is 0.108. The van der Waals surface area contributed by atoms with Gasteiger partial charge in [0.1, 0.15) is 0 Å². The number of nitrogens with one attached hydrogen (secondary N) is 1. The number of amides is 1. The van der Waals surface area contributed by atoms with E-state index in [4.69, 9.17) is 0 Å². The van der Waals surface area contributed by atoms with Crippen LogP contribution >= 0.6 is 0 Å². The first-order chi connectivity index (χ1) is 12.1. The molecule has 0 atom stereocenters. The number of hydrogen-bond acceptors (Lipinski definition) is 3. The van der Waals surface area contributed by atoms with Gasteiger partial charge in [0.05, 0.1) is 5.69 Å². The largest absolute Gasteiger partial charge is 0.356 e. The Labute approximate surface area is 150 Å². The van der Waals surface area contributed by atoms with Gasteiger partial charge in [0.15, 0.2) is 0 Å². The maximum absolute atomic E-state index is 12.0. The normalized spacial score (nSPS) is 14.3. The van der Waals surface area contributed by atoms with Gasteiger partial charge in [-0.3, -0.25) is 14.4 Å². The number of carbonyl (C=O) groups excluding carboxylic acids is 1. The Morgan fingerprint density at radius 3 is 2.76 bits per heavy atom. The number of fused-ring (bicyclic) bond motifs is 1. The molecule has 5 nitrogen and oxygen atoms in total. The fraction of sp³-hybridized carbons (Fsp3) is 0.500. The number of nitrogens with zero attached hydrogens (tertiary/aromatic N) is 3. The van der Waals surface area contributed by atoms with E-state index in [0.717, 1.165) is 50.4 Å². The molecule has 0 radical (unpaired) electrons. The van der Waals surface area contributed by atoms with Crippen molar-refractivity contribution in [2.75, 3.05) is 19.6 Å². The molecule has 0 spiro atoms. The summed E-state index contributed by atoms with van der Waals surface area (Å²) in [6.45, 7) is 8.57. The summed E-state index contributed by atoms with van der Waals surface area (Å²) < 4.78 is 1.90. The molecule has 2 aromatic rings. The summed E-state index contributed by atoms with van der Waals surface area (Å²) >= 11 is 0. The van der Waals surface area contributed by atoms with Crippen molar-refractivity contribution in [2.45, 2.75) is 46.2 Å². The zero-order valence-electron chi connectivity index (χ0n) is 15.3. The zero-order chi connectivity index (χ0) is 17.6. The first-order valence-electron chi connectivity index (χ1n) is 9.19. The van der Waals surface area contributed by atoms with E-state index in [9.17, 15) is 4.79 Å². The summed E-state index contributed by atoms with van der Waals surface area (Å²) in [5, 5.41) is 7.42. The molecule has 1 amide bonds. The SMILES string of the molecule is Cc1cc(C)n(CCC(=O)NCCCN2CCc3ccccc3C2)n1. The molecule has 0 saturated carbocycles. The maximum Gasteiger partial charge on any atom is 0.221 e. The van der Waals surface area contributed by atoms with Crippen molar-refractivity contribution in [1.29, 1.82) is 0 Å². The summed E-state index contributed by atoms with van der Waals surface area (Å²) in [7, 11) is 0. The third-order valence-corrected chi connectivity index (χ3v) is 4.84. The van der Waals surface area contributed by atoms with Gasteiger partial charge in [-0.25, -0.2) is 0 Å². The number of aromatic nitrogens is 2. The minimum atomic E-state index is 0.108. The lowest BCUT2D eigenvalue weighted by Gasteiger charge is -2.28. The van der Waals surface area contributed by atoms with Crippen molar-refractivity contribution in [3.63, 3.8) is 0 Å². The Kier molecular flexibility index (Phi) is 5.87. The molecule has 0 fully saturated rings. The van der Waals surface area contributed by atoms with Gasteiger partial charge in [-0.05, 0) is 43.9 Å². The Balaban J connectivity index is 1.32. The van der Waals surface area contributed by atoms with E-state index in [0.29, 0.717) is 13.0 Å². The lowest BCUT2D eigenvalue weighted by Crippen LogP contribution is -2.33. The van der Waals surface area contributed by atoms with E-state index < -0.39 is 0 Å². The highest BCUT2D eigenvalue weighted by Gasteiger charge is 2.15. The average molecular weight is 340 g/mol. The van der Waals surface area contributed by atoms with Gasteiger partial charge >= 0.3 is 0 Å². The topological polar surface area (TPSA) is 50.2 Å². The van der Waals surface area contributed by atoms with Crippen LogP contribution in [0, 0.1) is 13.8 Å². The molecule has 3 rings (SSSR count). The monoisotopic (exact) mass is 340 g/mol. The number of rotatable bonds is 7. The van der Waals surface area contributed by atoms with Crippen molar-refractivity contribution in [1.82, 2.24) is 20.0 Å². The van der Waals surface area contributed by atoms with Crippen LogP contribution < -0.4 is 5.32 Å². The predicted molar refractivity (Wildman–Crippen MR) is 99.4 cm³/mol. The first-order valence-corrected chi connectivity index (χ1v) is 9.19. The molecule has 1 aromatic heterocycles. The van der Waals surface area contributed by atoms with Gasteiger partial charge in [-0.15, -0.1) is 0 Å². The van der Waals surface area contributed by atoms with E-state index >= 15 is 0 Å². The van der Waals surface area contributed by atoms with Gasteiger partial charge in [-0.2, -0.15) is 5.10 Å². The van der Waals surface area contributed by atoms with Crippen LogP contribution in [0.1, 0.15) is 35.4 Å². The summed E-state index contributed by atoms with van der Waals surface area (Å²) in [4.78, 5) is 14.5. The average Bonchev–Trinajstić information content (AvgIpc) is 2.94. The summed E-state index contributed by atoms with van der Waals surface area (Å²) in [6, 6.07) is 10.7. The first kappa shape index (κ1) is 17.7. The molecule has 0 unspecified atom stereocenters. The molecule has 1 aliphatic heterocycles. The van der Waals surface area contributed by atoms with Gasteiger partial charge in [0.25, 0.3) is 0 Å². The summed E-state index contributed by atoms with van der Waals surface area (Å²) in [5.41, 5.74) is 5.04. The number of benzene rings is 1. The van der Waals surface area contributed by atoms with Gasteiger partial charge in [0.2, 0.25) is 5.91 Å². The lowest BCUT2D eigenvalue weighted by molar-refractivity contribution is -0.121. The van der Waals surface area contributed by atoms with Crippen molar-refractivity contribution < 1.29 is 4.79 Å². The Hall–Kier alpha value is -2.14. The second-order valence-corrected chi connectivity index (χ2v) is 6.90. The highest BCUT2D eigenvalue weighted by molar-refractivity contribution is 5.75. The van der Waals surface area contributed by atoms with Gasteiger partial charge in [-0.1, -0.05) is 24.3 Å². The molecule has 0 bridgehead atoms. The van der Waals surface area contributed by atoms with Crippen LogP contribution in [0.25, 0.3) is 0 Å². The molecule has 1 aliphatic rings. The fourth-order valence-electron chi connectivity index (χ4n) is 3.47. The fourth-order valence-corrected chi connectivity index (χ4v) is 3.47. The van der Waals surface area contributed by atoms with Crippen LogP contribution in [0.15, 0.2) is 30.3 Å². The molecule has 1 aromatic carbocycles. The van der Waals surface area contributed by atoms with Crippen LogP contribution in [0.3, 0.4) is 0 Å². The number of carbonyl (C=O) groups is 1. The van der Waals surface area contributed by atoms with E-state index in [1.54, 1.807) is 0 Å². The van der Waals surface area contributed by atoms with Crippen molar-refractivity contribution in [3.05, 3.63) is 52.8 Å². The highest BCUT2D eigenvalue weighted by Crippen LogP contribution is 2.18. The summed E-state index contributed by atoms with van der Waals surface area (Å²) in [6.07, 6.45) is 2.61. The minimum Gasteiger partial charge on any atom is -0.356 e. The predicted octanol–water partition coefficient (Wildman–Crippen LogP) is 2.45. The second-order valence-electron chi connectivity index (χ2n) is 6.90. The second kappa shape index (κ2) is 8.30. The highest BCUT2D eigenvalue weighted by atomic mass is 16.1. The molecule has 134 valence electrons. The van der Waals surface area contributed by atoms with Crippen molar-refractivity contribution in [3.8, 4) is 0 Å². The van der Waals surface area contributed by atoms with Crippen molar-refractivity contribution in [2.24, 2.45) is 0 Å². The zero-order valence-corrected chi connectivity index (χ0v) is 15.3. The molecule has 0 aliphatic carbocycles. The van der Waals surface area contributed by atoms with Crippen LogP contribution in [-0.4, -0.2) is 40.2 Å². The van der Waals surface area contributed by atoms with Gasteiger partial charge in [0, 0.05) is 44.8 Å². The molecule has 25 heavy (non-hydrogen) atoms. The van der Waals surface area contributed by atoms with Crippen LogP contribution in [-0.2, 0) is 24.3 Å². The quantitative estimate of drug-likeness (QED) is 0.788. The van der Waals surface area contributed by atoms with E-state index in [2.05, 4.69) is 39.6 Å². The number of aryl methyl sites for hydroxylation is 3. The van der Waals surface area contributed by atoms with E-state index in [-0.39, 0.29) is 5.91 Å². The standard InChI is InChI=1S/C20H28N4O/c1-16-14-17(2)24(22-16)13-9-20(25)21-10-5-11-23-12-8-18-6-3-4-7-19(18)15-23/h3-4,6-7,14H,5,8-13,15H2,1-2H3,(H,21,25). The number of hydrogen-bond donors (Lipinski definition) is 1. The smallest absolute Gasteiger partial charge is 0.221 e. The molecule has 1 N–H and O–H groups in total. The molecular formula is C20H28N4O. The van der Waals surface area contributed by atoms with Crippen LogP contribution in [0.4, 0.5) is 0 Å². The third-order valence-electron chi connectivity index (χ3n) is 4.84. The van der Waals surface area contributed by atoms with Crippen LogP contribution in [0.5, 0.6) is 0 Å². The molecule has 5 heteroatoms. The molecular weight excluding hydrogens is 312 g/mol. The Bertz CT molecular complexity index is 722. The van der Waals surface area contributed by atoms with Crippen LogP contribution in [0.2, 0.25) is 0 Å². The van der Waals surface area contributed by atoms with Crippen molar-refractivity contribution >= 4 is 5.91 Å². The molecule has 0 saturated heterocycles. The van der Waals surface area contributed by atoms with E-state index in [1.807, 2.05) is 24.6 Å². The Morgan fingerprint density at radius 2 is 2.00 bits per heavy atom. The Morgan fingerprint density at radius 1 is 1.20 bits per heavy atom. The molecule has 2 heterocycles. The lowest BCUT2D eigenvalue weighted by atomic mass is 10.00. The maximum atomic E-state index is 12.0.